The van der Waals surface area contributed by atoms with Gasteiger partial charge < -0.3 is 10.0 Å². The standard InChI is InChI=1S/C18H27NO/c1-15-11-16-7-3-4-8-17(16)19(12-15)13-18(14-20)9-5-2-6-10-18/h3-4,7-8,15,20H,2,5-6,9-14H2,1H3. The summed E-state index contributed by atoms with van der Waals surface area (Å²) in [6.45, 7) is 4.86. The fourth-order valence-electron chi connectivity index (χ4n) is 4.13. The van der Waals surface area contributed by atoms with Gasteiger partial charge in [-0.3, -0.25) is 0 Å². The second kappa shape index (κ2) is 5.77. The Bertz CT molecular complexity index is 450. The fraction of sp³-hybridized carbons (Fsp3) is 0.667. The second-order valence-corrected chi connectivity index (χ2v) is 7.04. The molecule has 2 heteroatoms. The quantitative estimate of drug-likeness (QED) is 0.909. The Morgan fingerprint density at radius 3 is 2.70 bits per heavy atom. The summed E-state index contributed by atoms with van der Waals surface area (Å²) in [6.07, 6.45) is 7.48. The van der Waals surface area contributed by atoms with Crippen LogP contribution in [0.3, 0.4) is 0 Å². The first kappa shape index (κ1) is 13.9. The molecule has 20 heavy (non-hydrogen) atoms. The lowest BCUT2D eigenvalue weighted by Crippen LogP contribution is -2.45. The number of hydrogen-bond acceptors (Lipinski definition) is 2. The molecule has 1 atom stereocenters. The van der Waals surface area contributed by atoms with Crippen molar-refractivity contribution >= 4 is 5.69 Å². The lowest BCUT2D eigenvalue weighted by Gasteiger charge is -2.44. The van der Waals surface area contributed by atoms with Crippen molar-refractivity contribution in [1.29, 1.82) is 0 Å². The van der Waals surface area contributed by atoms with Gasteiger partial charge in [-0.25, -0.2) is 0 Å². The predicted molar refractivity (Wildman–Crippen MR) is 84.1 cm³/mol. The highest BCUT2D eigenvalue weighted by molar-refractivity contribution is 5.56. The van der Waals surface area contributed by atoms with Crippen LogP contribution in [0.25, 0.3) is 0 Å². The van der Waals surface area contributed by atoms with Crippen LogP contribution >= 0.6 is 0 Å². The third-order valence-electron chi connectivity index (χ3n) is 5.21. The average molecular weight is 273 g/mol. The Morgan fingerprint density at radius 1 is 1.20 bits per heavy atom. The molecule has 0 aromatic heterocycles. The summed E-state index contributed by atoms with van der Waals surface area (Å²) in [4.78, 5) is 2.55. The van der Waals surface area contributed by atoms with E-state index in [1.54, 1.807) is 0 Å². The van der Waals surface area contributed by atoms with Gasteiger partial charge in [0.15, 0.2) is 0 Å². The van der Waals surface area contributed by atoms with Crippen LogP contribution < -0.4 is 4.90 Å². The molecule has 0 radical (unpaired) electrons. The van der Waals surface area contributed by atoms with E-state index in [4.69, 9.17) is 0 Å². The van der Waals surface area contributed by atoms with E-state index in [1.807, 2.05) is 0 Å². The Labute approximate surface area is 122 Å². The minimum absolute atomic E-state index is 0.141. The van der Waals surface area contributed by atoms with Gasteiger partial charge in [0.1, 0.15) is 0 Å². The van der Waals surface area contributed by atoms with E-state index in [1.165, 1.54) is 49.8 Å². The number of aliphatic hydroxyl groups is 1. The molecule has 1 heterocycles. The number of para-hydroxylation sites is 1. The summed E-state index contributed by atoms with van der Waals surface area (Å²) in [5.41, 5.74) is 3.03. The lowest BCUT2D eigenvalue weighted by atomic mass is 9.74. The van der Waals surface area contributed by atoms with Gasteiger partial charge in [0, 0.05) is 24.2 Å². The van der Waals surface area contributed by atoms with Crippen LogP contribution in [0, 0.1) is 11.3 Å². The number of benzene rings is 1. The van der Waals surface area contributed by atoms with Crippen molar-refractivity contribution in [2.75, 3.05) is 24.6 Å². The Balaban J connectivity index is 1.83. The van der Waals surface area contributed by atoms with Crippen LogP contribution in [0.4, 0.5) is 5.69 Å². The molecule has 0 saturated heterocycles. The van der Waals surface area contributed by atoms with Crippen LogP contribution in [0.5, 0.6) is 0 Å². The van der Waals surface area contributed by atoms with E-state index in [9.17, 15) is 5.11 Å². The maximum absolute atomic E-state index is 9.96. The average Bonchev–Trinajstić information content (AvgIpc) is 2.48. The zero-order valence-corrected chi connectivity index (χ0v) is 12.6. The number of aliphatic hydroxyl groups excluding tert-OH is 1. The SMILES string of the molecule is CC1Cc2ccccc2N(CC2(CO)CCCCC2)C1. The molecule has 110 valence electrons. The van der Waals surface area contributed by atoms with Crippen LogP contribution in [-0.2, 0) is 6.42 Å². The Hall–Kier alpha value is -1.02. The molecule has 1 aromatic rings. The number of fused-ring (bicyclic) bond motifs is 1. The molecule has 2 nitrogen and oxygen atoms in total. The normalized spacial score (nSPS) is 25.3. The summed E-state index contributed by atoms with van der Waals surface area (Å²) in [7, 11) is 0. The van der Waals surface area contributed by atoms with Crippen LogP contribution in [0.2, 0.25) is 0 Å². The van der Waals surface area contributed by atoms with Crippen molar-refractivity contribution in [3.05, 3.63) is 29.8 Å². The molecule has 1 aliphatic heterocycles. The lowest BCUT2D eigenvalue weighted by molar-refractivity contribution is 0.0870. The van der Waals surface area contributed by atoms with E-state index in [0.29, 0.717) is 12.5 Å². The molecule has 1 aromatic carbocycles. The molecule has 1 saturated carbocycles. The molecule has 1 fully saturated rings. The van der Waals surface area contributed by atoms with Crippen molar-refractivity contribution in [3.63, 3.8) is 0 Å². The smallest absolute Gasteiger partial charge is 0.0504 e. The zero-order valence-electron chi connectivity index (χ0n) is 12.6. The van der Waals surface area contributed by atoms with Gasteiger partial charge in [-0.2, -0.15) is 0 Å². The van der Waals surface area contributed by atoms with Gasteiger partial charge in [-0.1, -0.05) is 44.4 Å². The monoisotopic (exact) mass is 273 g/mol. The highest BCUT2D eigenvalue weighted by Crippen LogP contribution is 2.39. The second-order valence-electron chi connectivity index (χ2n) is 7.04. The molecular weight excluding hydrogens is 246 g/mol. The number of nitrogens with zero attached hydrogens (tertiary/aromatic N) is 1. The number of anilines is 1. The van der Waals surface area contributed by atoms with E-state index in [2.05, 4.69) is 36.1 Å². The molecule has 2 aliphatic rings. The van der Waals surface area contributed by atoms with Crippen molar-refractivity contribution in [2.24, 2.45) is 11.3 Å². The molecule has 0 bridgehead atoms. The summed E-state index contributed by atoms with van der Waals surface area (Å²) in [5.74, 6) is 0.712. The molecule has 1 unspecified atom stereocenters. The van der Waals surface area contributed by atoms with Crippen molar-refractivity contribution in [2.45, 2.75) is 45.4 Å². The minimum atomic E-state index is 0.141. The largest absolute Gasteiger partial charge is 0.396 e. The summed E-state index contributed by atoms with van der Waals surface area (Å²) in [6, 6.07) is 8.82. The molecule has 0 amide bonds. The van der Waals surface area contributed by atoms with Crippen LogP contribution in [0.15, 0.2) is 24.3 Å². The highest BCUT2D eigenvalue weighted by atomic mass is 16.3. The zero-order chi connectivity index (χ0) is 14.0. The molecule has 3 rings (SSSR count). The van der Waals surface area contributed by atoms with E-state index in [0.717, 1.165) is 13.1 Å². The summed E-state index contributed by atoms with van der Waals surface area (Å²) < 4.78 is 0. The highest BCUT2D eigenvalue weighted by Gasteiger charge is 2.35. The predicted octanol–water partition coefficient (Wildman–Crippen LogP) is 3.63. The van der Waals surface area contributed by atoms with E-state index >= 15 is 0 Å². The first-order valence-corrected chi connectivity index (χ1v) is 8.16. The van der Waals surface area contributed by atoms with Gasteiger partial charge in [-0.05, 0) is 36.8 Å². The van der Waals surface area contributed by atoms with Gasteiger partial charge in [0.25, 0.3) is 0 Å². The minimum Gasteiger partial charge on any atom is -0.396 e. The van der Waals surface area contributed by atoms with Gasteiger partial charge >= 0.3 is 0 Å². The van der Waals surface area contributed by atoms with Gasteiger partial charge in [-0.15, -0.1) is 0 Å². The summed E-state index contributed by atoms with van der Waals surface area (Å²) >= 11 is 0. The van der Waals surface area contributed by atoms with Crippen LogP contribution in [0.1, 0.15) is 44.6 Å². The maximum atomic E-state index is 9.96. The van der Waals surface area contributed by atoms with E-state index in [-0.39, 0.29) is 5.41 Å². The van der Waals surface area contributed by atoms with E-state index < -0.39 is 0 Å². The summed E-state index contributed by atoms with van der Waals surface area (Å²) in [5, 5.41) is 9.96. The molecule has 1 aliphatic carbocycles. The molecule has 1 N–H and O–H groups in total. The number of rotatable bonds is 3. The molecular formula is C18H27NO. The fourth-order valence-corrected chi connectivity index (χ4v) is 4.13. The third kappa shape index (κ3) is 2.71. The first-order valence-electron chi connectivity index (χ1n) is 8.16. The van der Waals surface area contributed by atoms with Gasteiger partial charge in [0.05, 0.1) is 6.61 Å². The number of hydrogen-bond donors (Lipinski definition) is 1. The van der Waals surface area contributed by atoms with Crippen molar-refractivity contribution in [3.8, 4) is 0 Å². The Morgan fingerprint density at radius 2 is 1.95 bits per heavy atom. The Kier molecular flexibility index (Phi) is 4.02. The molecule has 0 spiro atoms. The van der Waals surface area contributed by atoms with Crippen LogP contribution in [-0.4, -0.2) is 24.8 Å². The van der Waals surface area contributed by atoms with Gasteiger partial charge in [0.2, 0.25) is 0 Å². The topological polar surface area (TPSA) is 23.5 Å². The van der Waals surface area contributed by atoms with Crippen molar-refractivity contribution < 1.29 is 5.11 Å². The van der Waals surface area contributed by atoms with Crippen molar-refractivity contribution in [1.82, 2.24) is 0 Å². The first-order chi connectivity index (χ1) is 9.72. The third-order valence-corrected chi connectivity index (χ3v) is 5.21. The maximum Gasteiger partial charge on any atom is 0.0504 e.